The van der Waals surface area contributed by atoms with Crippen molar-refractivity contribution < 1.29 is 9.53 Å². The molecule has 1 fully saturated rings. The summed E-state index contributed by atoms with van der Waals surface area (Å²) >= 11 is 6.25. The lowest BCUT2D eigenvalue weighted by molar-refractivity contribution is -0.126. The number of hydrogen-bond donors (Lipinski definition) is 1. The van der Waals surface area contributed by atoms with E-state index in [1.807, 2.05) is 55.5 Å². The summed E-state index contributed by atoms with van der Waals surface area (Å²) in [5.74, 6) is 0.673. The number of nitrogens with two attached hydrogens (primary N) is 1. The second kappa shape index (κ2) is 5.99. The zero-order valence-electron chi connectivity index (χ0n) is 12.2. The number of nitrogens with zero attached hydrogens (tertiary/aromatic N) is 1. The predicted molar refractivity (Wildman–Crippen MR) is 87.3 cm³/mol. The Morgan fingerprint density at radius 2 is 1.86 bits per heavy atom. The number of β-lactam (4-membered cyclic amide) rings is 1. The number of amides is 1. The van der Waals surface area contributed by atoms with Gasteiger partial charge >= 0.3 is 0 Å². The second-order valence-corrected chi connectivity index (χ2v) is 5.53. The van der Waals surface area contributed by atoms with Crippen LogP contribution < -0.4 is 15.4 Å². The number of anilines is 1. The molecule has 1 heterocycles. The highest BCUT2D eigenvalue weighted by molar-refractivity contribution is 6.31. The molecule has 0 radical (unpaired) electrons. The van der Waals surface area contributed by atoms with E-state index in [0.29, 0.717) is 11.6 Å². The molecule has 2 N–H and O–H groups in total. The van der Waals surface area contributed by atoms with Crippen LogP contribution in [0.4, 0.5) is 5.69 Å². The smallest absolute Gasteiger partial charge is 0.247 e. The largest absolute Gasteiger partial charge is 0.494 e. The minimum absolute atomic E-state index is 0.103. The molecule has 114 valence electrons. The van der Waals surface area contributed by atoms with Gasteiger partial charge in [0.2, 0.25) is 5.91 Å². The van der Waals surface area contributed by atoms with Gasteiger partial charge in [-0.3, -0.25) is 4.79 Å². The summed E-state index contributed by atoms with van der Waals surface area (Å²) in [6, 6.07) is 14.1. The molecule has 1 amide bonds. The average Bonchev–Trinajstić information content (AvgIpc) is 2.54. The van der Waals surface area contributed by atoms with E-state index in [-0.39, 0.29) is 11.9 Å². The van der Waals surface area contributed by atoms with Crippen LogP contribution in [0.2, 0.25) is 5.02 Å². The van der Waals surface area contributed by atoms with E-state index in [2.05, 4.69) is 0 Å². The Labute approximate surface area is 134 Å². The van der Waals surface area contributed by atoms with E-state index in [9.17, 15) is 4.79 Å². The Bertz CT molecular complexity index is 687. The van der Waals surface area contributed by atoms with Gasteiger partial charge in [0.25, 0.3) is 0 Å². The molecule has 0 saturated carbocycles. The SMILES string of the molecule is CCOc1ccc(N2C(=O)[C@@H](N)[C@H]2c2ccccc2Cl)cc1. The quantitative estimate of drug-likeness (QED) is 0.882. The Morgan fingerprint density at radius 3 is 2.50 bits per heavy atom. The fourth-order valence-corrected chi connectivity index (χ4v) is 2.96. The number of ether oxygens (including phenoxy) is 1. The molecule has 2 aromatic carbocycles. The van der Waals surface area contributed by atoms with Crippen LogP contribution in [0.3, 0.4) is 0 Å². The number of hydrogen-bond acceptors (Lipinski definition) is 3. The van der Waals surface area contributed by atoms with Gasteiger partial charge in [-0.2, -0.15) is 0 Å². The van der Waals surface area contributed by atoms with Crippen molar-refractivity contribution in [3.8, 4) is 5.75 Å². The van der Waals surface area contributed by atoms with Crippen molar-refractivity contribution in [2.24, 2.45) is 5.73 Å². The lowest BCUT2D eigenvalue weighted by Crippen LogP contribution is -2.63. The Morgan fingerprint density at radius 1 is 1.18 bits per heavy atom. The van der Waals surface area contributed by atoms with Crippen molar-refractivity contribution in [1.29, 1.82) is 0 Å². The summed E-state index contributed by atoms with van der Waals surface area (Å²) < 4.78 is 5.42. The third kappa shape index (κ3) is 2.45. The van der Waals surface area contributed by atoms with Gasteiger partial charge < -0.3 is 15.4 Å². The minimum Gasteiger partial charge on any atom is -0.494 e. The van der Waals surface area contributed by atoms with Crippen LogP contribution in [-0.4, -0.2) is 18.6 Å². The van der Waals surface area contributed by atoms with Gasteiger partial charge in [-0.25, -0.2) is 0 Å². The molecule has 1 aliphatic heterocycles. The van der Waals surface area contributed by atoms with Crippen LogP contribution >= 0.6 is 11.6 Å². The van der Waals surface area contributed by atoms with Gasteiger partial charge in [-0.05, 0) is 42.8 Å². The lowest BCUT2D eigenvalue weighted by atomic mass is 9.88. The molecule has 0 spiro atoms. The molecule has 0 aliphatic carbocycles. The second-order valence-electron chi connectivity index (χ2n) is 5.13. The normalized spacial score (nSPS) is 20.7. The Balaban J connectivity index is 1.91. The maximum atomic E-state index is 12.2. The number of benzene rings is 2. The number of carbonyl (C=O) groups is 1. The number of rotatable bonds is 4. The molecule has 0 aromatic heterocycles. The van der Waals surface area contributed by atoms with Gasteiger partial charge in [0, 0.05) is 10.7 Å². The number of carbonyl (C=O) groups excluding carboxylic acids is 1. The molecule has 1 saturated heterocycles. The van der Waals surface area contributed by atoms with Crippen molar-refractivity contribution >= 4 is 23.2 Å². The minimum atomic E-state index is -0.563. The summed E-state index contributed by atoms with van der Waals surface area (Å²) in [4.78, 5) is 13.9. The van der Waals surface area contributed by atoms with Crippen molar-refractivity contribution in [3.05, 3.63) is 59.1 Å². The fraction of sp³-hybridized carbons (Fsp3) is 0.235. The molecule has 2 atom stereocenters. The lowest BCUT2D eigenvalue weighted by Gasteiger charge is -2.45. The van der Waals surface area contributed by atoms with Crippen LogP contribution in [0.5, 0.6) is 5.75 Å². The Kier molecular flexibility index (Phi) is 4.05. The maximum Gasteiger partial charge on any atom is 0.247 e. The fourth-order valence-electron chi connectivity index (χ4n) is 2.72. The topological polar surface area (TPSA) is 55.6 Å². The third-order valence-corrected chi connectivity index (χ3v) is 4.13. The molecular formula is C17H17ClN2O2. The van der Waals surface area contributed by atoms with Crippen molar-refractivity contribution in [3.63, 3.8) is 0 Å². The van der Waals surface area contributed by atoms with Crippen molar-refractivity contribution in [2.75, 3.05) is 11.5 Å². The van der Waals surface area contributed by atoms with Crippen LogP contribution in [0.1, 0.15) is 18.5 Å². The van der Waals surface area contributed by atoms with Crippen LogP contribution in [-0.2, 0) is 4.79 Å². The van der Waals surface area contributed by atoms with Crippen molar-refractivity contribution in [2.45, 2.75) is 19.0 Å². The first-order chi connectivity index (χ1) is 10.6. The highest BCUT2D eigenvalue weighted by Gasteiger charge is 2.47. The van der Waals surface area contributed by atoms with Gasteiger partial charge in [-0.15, -0.1) is 0 Å². The van der Waals surface area contributed by atoms with E-state index in [1.54, 1.807) is 4.90 Å². The molecule has 1 aliphatic rings. The average molecular weight is 317 g/mol. The zero-order chi connectivity index (χ0) is 15.7. The van der Waals surface area contributed by atoms with Gasteiger partial charge in [0.15, 0.2) is 0 Å². The Hall–Kier alpha value is -2.04. The van der Waals surface area contributed by atoms with Gasteiger partial charge in [-0.1, -0.05) is 29.8 Å². The maximum absolute atomic E-state index is 12.2. The van der Waals surface area contributed by atoms with Crippen LogP contribution in [0.25, 0.3) is 0 Å². The number of halogens is 1. The molecular weight excluding hydrogens is 300 g/mol. The van der Waals surface area contributed by atoms with Crippen molar-refractivity contribution in [1.82, 2.24) is 0 Å². The third-order valence-electron chi connectivity index (χ3n) is 3.79. The summed E-state index contributed by atoms with van der Waals surface area (Å²) in [5.41, 5.74) is 7.66. The summed E-state index contributed by atoms with van der Waals surface area (Å²) in [6.45, 7) is 2.54. The van der Waals surface area contributed by atoms with Gasteiger partial charge in [0.1, 0.15) is 11.8 Å². The highest BCUT2D eigenvalue weighted by atomic mass is 35.5. The first kappa shape index (κ1) is 14.9. The zero-order valence-corrected chi connectivity index (χ0v) is 13.0. The van der Waals surface area contributed by atoms with E-state index in [4.69, 9.17) is 22.1 Å². The molecule has 3 rings (SSSR count). The first-order valence-corrected chi connectivity index (χ1v) is 7.57. The van der Waals surface area contributed by atoms with E-state index < -0.39 is 6.04 Å². The molecule has 0 bridgehead atoms. The van der Waals surface area contributed by atoms with Crippen LogP contribution in [0.15, 0.2) is 48.5 Å². The summed E-state index contributed by atoms with van der Waals surface area (Å²) in [5, 5.41) is 0.617. The molecule has 2 aromatic rings. The monoisotopic (exact) mass is 316 g/mol. The highest BCUT2D eigenvalue weighted by Crippen LogP contribution is 2.40. The standard InChI is InChI=1S/C17H17ClN2O2/c1-2-22-12-9-7-11(8-10-12)20-16(15(19)17(20)21)13-5-3-4-6-14(13)18/h3-10,15-16H,2,19H2,1H3/t15-,16+/m0/s1. The molecule has 22 heavy (non-hydrogen) atoms. The molecule has 5 heteroatoms. The summed E-state index contributed by atoms with van der Waals surface area (Å²) in [6.07, 6.45) is 0. The summed E-state index contributed by atoms with van der Waals surface area (Å²) in [7, 11) is 0. The van der Waals surface area contributed by atoms with Gasteiger partial charge in [0.05, 0.1) is 12.6 Å². The van der Waals surface area contributed by atoms with E-state index >= 15 is 0 Å². The van der Waals surface area contributed by atoms with Crippen LogP contribution in [0, 0.1) is 0 Å². The first-order valence-electron chi connectivity index (χ1n) is 7.19. The van der Waals surface area contributed by atoms with E-state index in [0.717, 1.165) is 17.0 Å². The molecule has 4 nitrogen and oxygen atoms in total. The van der Waals surface area contributed by atoms with E-state index in [1.165, 1.54) is 0 Å². The molecule has 0 unspecified atom stereocenters. The predicted octanol–water partition coefficient (Wildman–Crippen LogP) is 3.15.